The van der Waals surface area contributed by atoms with E-state index in [2.05, 4.69) is 5.32 Å². The van der Waals surface area contributed by atoms with Gasteiger partial charge in [-0.25, -0.2) is 0 Å². The van der Waals surface area contributed by atoms with Crippen LogP contribution in [0.15, 0.2) is 42.5 Å². The normalized spacial score (nSPS) is 14.7. The summed E-state index contributed by atoms with van der Waals surface area (Å²) >= 11 is 12.0. The number of benzene rings is 2. The number of rotatable bonds is 4. The van der Waals surface area contributed by atoms with E-state index in [1.165, 1.54) is 12.8 Å². The van der Waals surface area contributed by atoms with Crippen molar-refractivity contribution in [1.29, 1.82) is 0 Å². The second-order valence-corrected chi connectivity index (χ2v) is 6.39. The molecule has 0 aromatic heterocycles. The van der Waals surface area contributed by atoms with Crippen molar-refractivity contribution in [3.05, 3.63) is 58.1 Å². The monoisotopic (exact) mass is 349 g/mol. The summed E-state index contributed by atoms with van der Waals surface area (Å²) in [5.74, 6) is 0.474. The van der Waals surface area contributed by atoms with Crippen molar-refractivity contribution >= 4 is 34.8 Å². The number of hydrogen-bond donors (Lipinski definition) is 1. The van der Waals surface area contributed by atoms with Gasteiger partial charge in [-0.05, 0) is 49.9 Å². The van der Waals surface area contributed by atoms with Crippen molar-refractivity contribution in [2.45, 2.75) is 31.8 Å². The molecule has 1 aliphatic rings. The van der Waals surface area contributed by atoms with Gasteiger partial charge in [0.2, 0.25) is 0 Å². The van der Waals surface area contributed by atoms with Crippen LogP contribution in [0.4, 0.5) is 5.69 Å². The van der Waals surface area contributed by atoms with Crippen LogP contribution in [0.5, 0.6) is 5.75 Å². The van der Waals surface area contributed by atoms with Gasteiger partial charge < -0.3 is 10.1 Å². The van der Waals surface area contributed by atoms with E-state index in [0.717, 1.165) is 18.6 Å². The highest BCUT2D eigenvalue weighted by molar-refractivity contribution is 6.44. The maximum Gasteiger partial charge on any atom is 0.257 e. The van der Waals surface area contributed by atoms with E-state index in [0.29, 0.717) is 16.3 Å². The molecule has 2 aromatic carbocycles. The fourth-order valence-corrected chi connectivity index (χ4v) is 3.11. The van der Waals surface area contributed by atoms with Crippen LogP contribution < -0.4 is 10.1 Å². The number of halogens is 2. The Balaban J connectivity index is 1.72. The lowest BCUT2D eigenvalue weighted by atomic mass is 10.2. The van der Waals surface area contributed by atoms with Crippen molar-refractivity contribution in [2.75, 3.05) is 5.32 Å². The molecule has 0 unspecified atom stereocenters. The van der Waals surface area contributed by atoms with Crippen molar-refractivity contribution < 1.29 is 9.53 Å². The predicted octanol–water partition coefficient (Wildman–Crippen LogP) is 5.57. The zero-order chi connectivity index (χ0) is 16.2. The van der Waals surface area contributed by atoms with Crippen LogP contribution in [0.25, 0.3) is 0 Å². The van der Waals surface area contributed by atoms with Gasteiger partial charge in [-0.1, -0.05) is 35.3 Å². The Bertz CT molecular complexity index is 712. The fourth-order valence-electron chi connectivity index (χ4n) is 2.72. The van der Waals surface area contributed by atoms with E-state index in [1.807, 2.05) is 24.3 Å². The van der Waals surface area contributed by atoms with Crippen LogP contribution in [0.1, 0.15) is 36.0 Å². The summed E-state index contributed by atoms with van der Waals surface area (Å²) < 4.78 is 5.95. The molecule has 2 aromatic rings. The average molecular weight is 350 g/mol. The summed E-state index contributed by atoms with van der Waals surface area (Å²) in [6.45, 7) is 0. The minimum Gasteiger partial charge on any atom is -0.490 e. The molecule has 0 atom stereocenters. The molecular formula is C18H17Cl2NO2. The Morgan fingerprint density at radius 3 is 2.61 bits per heavy atom. The summed E-state index contributed by atoms with van der Waals surface area (Å²) in [6, 6.07) is 12.4. The average Bonchev–Trinajstić information content (AvgIpc) is 3.03. The molecule has 3 nitrogen and oxygen atoms in total. The summed E-state index contributed by atoms with van der Waals surface area (Å²) in [5, 5.41) is 3.44. The van der Waals surface area contributed by atoms with Gasteiger partial charge in [0.15, 0.2) is 0 Å². The first-order valence-electron chi connectivity index (χ1n) is 7.65. The molecule has 1 aliphatic carbocycles. The second kappa shape index (κ2) is 7.24. The molecule has 5 heteroatoms. The third kappa shape index (κ3) is 3.98. The van der Waals surface area contributed by atoms with E-state index in [1.54, 1.807) is 18.2 Å². The zero-order valence-corrected chi connectivity index (χ0v) is 14.0. The standard InChI is InChI=1S/C18H17Cl2NO2/c19-16-10-4-9-15(17(16)20)18(22)21-12-5-3-8-14(11-12)23-13-6-1-2-7-13/h3-5,8-11,13H,1-2,6-7H2,(H,21,22). The van der Waals surface area contributed by atoms with Gasteiger partial charge in [0.1, 0.15) is 5.75 Å². The van der Waals surface area contributed by atoms with Gasteiger partial charge in [0.25, 0.3) is 5.91 Å². The van der Waals surface area contributed by atoms with Gasteiger partial charge >= 0.3 is 0 Å². The molecule has 0 heterocycles. The number of carbonyl (C=O) groups excluding carboxylic acids is 1. The Labute approximate surface area is 145 Å². The molecule has 1 amide bonds. The van der Waals surface area contributed by atoms with E-state index < -0.39 is 0 Å². The largest absolute Gasteiger partial charge is 0.490 e. The fraction of sp³-hybridized carbons (Fsp3) is 0.278. The van der Waals surface area contributed by atoms with E-state index in [9.17, 15) is 4.79 Å². The number of anilines is 1. The smallest absolute Gasteiger partial charge is 0.257 e. The SMILES string of the molecule is O=C(Nc1cccc(OC2CCCC2)c1)c1cccc(Cl)c1Cl. The Morgan fingerprint density at radius 2 is 1.83 bits per heavy atom. The summed E-state index contributed by atoms with van der Waals surface area (Å²) in [4.78, 5) is 12.3. The molecule has 0 bridgehead atoms. The lowest BCUT2D eigenvalue weighted by molar-refractivity contribution is 0.102. The van der Waals surface area contributed by atoms with Crippen molar-refractivity contribution in [2.24, 2.45) is 0 Å². The second-order valence-electron chi connectivity index (χ2n) is 5.61. The molecule has 1 saturated carbocycles. The van der Waals surface area contributed by atoms with Crippen molar-refractivity contribution in [3.8, 4) is 5.75 Å². The van der Waals surface area contributed by atoms with Gasteiger partial charge in [-0.3, -0.25) is 4.79 Å². The van der Waals surface area contributed by atoms with Crippen LogP contribution in [0.2, 0.25) is 10.0 Å². The minimum absolute atomic E-state index is 0.255. The molecule has 1 fully saturated rings. The quantitative estimate of drug-likeness (QED) is 0.783. The van der Waals surface area contributed by atoms with E-state index in [-0.39, 0.29) is 17.0 Å². The van der Waals surface area contributed by atoms with E-state index in [4.69, 9.17) is 27.9 Å². The molecule has 23 heavy (non-hydrogen) atoms. The summed E-state index contributed by atoms with van der Waals surface area (Å²) in [6.07, 6.45) is 4.90. The molecule has 0 radical (unpaired) electrons. The minimum atomic E-state index is -0.296. The first-order chi connectivity index (χ1) is 11.1. The zero-order valence-electron chi connectivity index (χ0n) is 12.5. The lowest BCUT2D eigenvalue weighted by Crippen LogP contribution is -2.13. The molecule has 3 rings (SSSR count). The van der Waals surface area contributed by atoms with Crippen LogP contribution in [-0.4, -0.2) is 12.0 Å². The molecule has 120 valence electrons. The molecule has 1 N–H and O–H groups in total. The first-order valence-corrected chi connectivity index (χ1v) is 8.41. The third-order valence-corrected chi connectivity index (χ3v) is 4.71. The van der Waals surface area contributed by atoms with Crippen LogP contribution in [0.3, 0.4) is 0 Å². The number of nitrogens with one attached hydrogen (secondary N) is 1. The van der Waals surface area contributed by atoms with Gasteiger partial charge in [-0.15, -0.1) is 0 Å². The number of ether oxygens (including phenoxy) is 1. The third-order valence-electron chi connectivity index (χ3n) is 3.89. The number of amides is 1. The molecule has 0 saturated heterocycles. The van der Waals surface area contributed by atoms with Crippen LogP contribution in [0, 0.1) is 0 Å². The lowest BCUT2D eigenvalue weighted by Gasteiger charge is -2.14. The Hall–Kier alpha value is -1.71. The van der Waals surface area contributed by atoms with Crippen LogP contribution >= 0.6 is 23.2 Å². The summed E-state index contributed by atoms with van der Waals surface area (Å²) in [7, 11) is 0. The first kappa shape index (κ1) is 16.2. The number of carbonyl (C=O) groups is 1. The van der Waals surface area contributed by atoms with Crippen molar-refractivity contribution in [1.82, 2.24) is 0 Å². The highest BCUT2D eigenvalue weighted by atomic mass is 35.5. The molecule has 0 aliphatic heterocycles. The van der Waals surface area contributed by atoms with Gasteiger partial charge in [0, 0.05) is 11.8 Å². The van der Waals surface area contributed by atoms with E-state index >= 15 is 0 Å². The molecule has 0 spiro atoms. The Kier molecular flexibility index (Phi) is 5.09. The van der Waals surface area contributed by atoms with Crippen molar-refractivity contribution in [3.63, 3.8) is 0 Å². The number of hydrogen-bond acceptors (Lipinski definition) is 2. The predicted molar refractivity (Wildman–Crippen MR) is 93.7 cm³/mol. The van der Waals surface area contributed by atoms with Gasteiger partial charge in [0.05, 0.1) is 21.7 Å². The van der Waals surface area contributed by atoms with Gasteiger partial charge in [-0.2, -0.15) is 0 Å². The highest BCUT2D eigenvalue weighted by Gasteiger charge is 2.17. The Morgan fingerprint density at radius 1 is 1.09 bits per heavy atom. The maximum absolute atomic E-state index is 12.3. The molecular weight excluding hydrogens is 333 g/mol. The van der Waals surface area contributed by atoms with Crippen LogP contribution in [-0.2, 0) is 0 Å². The highest BCUT2D eigenvalue weighted by Crippen LogP contribution is 2.28. The topological polar surface area (TPSA) is 38.3 Å². The summed E-state index contributed by atoms with van der Waals surface area (Å²) in [5.41, 5.74) is 1.02. The maximum atomic E-state index is 12.3.